The fraction of sp³-hybridized carbons (Fsp3) is 0.500. The third-order valence-electron chi connectivity index (χ3n) is 2.95. The Morgan fingerprint density at radius 2 is 2.11 bits per heavy atom. The molecule has 0 aliphatic rings. The molecule has 0 saturated carbocycles. The fourth-order valence-electron chi connectivity index (χ4n) is 1.83. The van der Waals surface area contributed by atoms with Gasteiger partial charge in [-0.3, -0.25) is 9.69 Å². The van der Waals surface area contributed by atoms with E-state index in [9.17, 15) is 9.18 Å². The number of halogens is 1. The molecule has 0 saturated heterocycles. The van der Waals surface area contributed by atoms with Crippen molar-refractivity contribution in [3.63, 3.8) is 0 Å². The van der Waals surface area contributed by atoms with E-state index in [4.69, 9.17) is 4.74 Å². The van der Waals surface area contributed by atoms with Crippen molar-refractivity contribution < 1.29 is 13.9 Å². The first-order valence-electron chi connectivity index (χ1n) is 6.10. The van der Waals surface area contributed by atoms with Crippen molar-refractivity contribution in [1.82, 2.24) is 4.90 Å². The maximum absolute atomic E-state index is 13.2. The van der Waals surface area contributed by atoms with Crippen LogP contribution in [-0.2, 0) is 0 Å². The minimum atomic E-state index is -0.424. The van der Waals surface area contributed by atoms with Crippen molar-refractivity contribution in [1.29, 1.82) is 0 Å². The largest absolute Gasteiger partial charge is 0.496 e. The maximum atomic E-state index is 13.2. The Kier molecular flexibility index (Phi) is 5.28. The number of hydrogen-bond donors (Lipinski definition) is 0. The molecule has 18 heavy (non-hydrogen) atoms. The highest BCUT2D eigenvalue weighted by Crippen LogP contribution is 2.20. The molecular weight excluding hydrogens is 233 g/mol. The Bertz CT molecular complexity index is 418. The Balaban J connectivity index is 2.92. The lowest BCUT2D eigenvalue weighted by Gasteiger charge is -2.24. The first-order chi connectivity index (χ1) is 8.49. The van der Waals surface area contributed by atoms with Crippen LogP contribution in [0.1, 0.15) is 31.1 Å². The minimum Gasteiger partial charge on any atom is -0.496 e. The van der Waals surface area contributed by atoms with E-state index in [0.717, 1.165) is 6.54 Å². The number of ether oxygens (including phenoxy) is 1. The summed E-state index contributed by atoms with van der Waals surface area (Å²) in [6, 6.07) is 4.28. The number of ketones is 1. The highest BCUT2D eigenvalue weighted by atomic mass is 19.1. The van der Waals surface area contributed by atoms with Crippen LogP contribution in [0.4, 0.5) is 4.39 Å². The molecular formula is C14H20FNO2. The highest BCUT2D eigenvalue weighted by Gasteiger charge is 2.17. The third kappa shape index (κ3) is 3.53. The van der Waals surface area contributed by atoms with E-state index in [1.807, 2.05) is 25.7 Å². The molecule has 0 bridgehead atoms. The van der Waals surface area contributed by atoms with E-state index in [0.29, 0.717) is 11.3 Å². The Morgan fingerprint density at radius 3 is 2.61 bits per heavy atom. The first-order valence-corrected chi connectivity index (χ1v) is 6.10. The summed E-state index contributed by atoms with van der Waals surface area (Å²) in [5.41, 5.74) is 0.302. The minimum absolute atomic E-state index is 0.123. The van der Waals surface area contributed by atoms with Gasteiger partial charge in [0.05, 0.1) is 19.2 Å². The molecule has 1 rings (SSSR count). The molecule has 1 aromatic carbocycles. The number of carbonyl (C=O) groups excluding carboxylic acids is 1. The monoisotopic (exact) mass is 253 g/mol. The number of likely N-dealkylation sites (N-methyl/N-ethyl adjacent to an activating group) is 1. The number of hydrogen-bond acceptors (Lipinski definition) is 3. The molecule has 0 aliphatic heterocycles. The second-order valence-corrected chi connectivity index (χ2v) is 4.42. The van der Waals surface area contributed by atoms with Gasteiger partial charge >= 0.3 is 0 Å². The summed E-state index contributed by atoms with van der Waals surface area (Å²) in [5, 5.41) is 0. The predicted molar refractivity (Wildman–Crippen MR) is 69.7 cm³/mol. The molecule has 0 heterocycles. The topological polar surface area (TPSA) is 29.5 Å². The average molecular weight is 253 g/mol. The zero-order valence-corrected chi connectivity index (χ0v) is 11.4. The molecule has 0 N–H and O–H groups in total. The summed E-state index contributed by atoms with van der Waals surface area (Å²) < 4.78 is 18.3. The quantitative estimate of drug-likeness (QED) is 0.730. The Hall–Kier alpha value is -1.42. The molecule has 100 valence electrons. The summed E-state index contributed by atoms with van der Waals surface area (Å²) in [6.45, 7) is 7.10. The van der Waals surface area contributed by atoms with Gasteiger partial charge in [-0.15, -0.1) is 0 Å². The van der Waals surface area contributed by atoms with Crippen LogP contribution in [0.3, 0.4) is 0 Å². The van der Waals surface area contributed by atoms with Gasteiger partial charge < -0.3 is 4.74 Å². The van der Waals surface area contributed by atoms with Crippen molar-refractivity contribution in [2.45, 2.75) is 26.8 Å². The number of carbonyl (C=O) groups is 1. The van der Waals surface area contributed by atoms with Crippen LogP contribution in [0, 0.1) is 5.82 Å². The van der Waals surface area contributed by atoms with Gasteiger partial charge in [0.15, 0.2) is 5.78 Å². The predicted octanol–water partition coefficient (Wildman–Crippen LogP) is 2.75. The van der Waals surface area contributed by atoms with Crippen LogP contribution in [0.5, 0.6) is 5.75 Å². The van der Waals surface area contributed by atoms with E-state index in [1.54, 1.807) is 0 Å². The Morgan fingerprint density at radius 1 is 1.44 bits per heavy atom. The first kappa shape index (κ1) is 14.6. The second kappa shape index (κ2) is 6.50. The van der Waals surface area contributed by atoms with E-state index in [1.165, 1.54) is 25.3 Å². The van der Waals surface area contributed by atoms with Crippen molar-refractivity contribution in [3.05, 3.63) is 29.6 Å². The summed E-state index contributed by atoms with van der Waals surface area (Å²) in [7, 11) is 1.48. The van der Waals surface area contributed by atoms with Gasteiger partial charge in [-0.2, -0.15) is 0 Å². The summed E-state index contributed by atoms with van der Waals surface area (Å²) in [4.78, 5) is 14.2. The van der Waals surface area contributed by atoms with Gasteiger partial charge in [-0.05, 0) is 38.6 Å². The van der Waals surface area contributed by atoms with Crippen molar-refractivity contribution >= 4 is 5.78 Å². The molecule has 0 atom stereocenters. The molecule has 0 spiro atoms. The molecule has 1 aromatic rings. The molecule has 0 aromatic heterocycles. The van der Waals surface area contributed by atoms with Crippen molar-refractivity contribution in [3.8, 4) is 5.75 Å². The van der Waals surface area contributed by atoms with Crippen molar-refractivity contribution in [2.75, 3.05) is 20.2 Å². The standard InChI is InChI=1S/C14H20FNO2/c1-5-16(10(2)3)9-13(17)12-8-11(15)6-7-14(12)18-4/h6-8,10H,5,9H2,1-4H3. The van der Waals surface area contributed by atoms with E-state index in [2.05, 4.69) is 0 Å². The summed E-state index contributed by atoms with van der Waals surface area (Å²) >= 11 is 0. The van der Waals surface area contributed by atoms with Crippen LogP contribution < -0.4 is 4.74 Å². The summed E-state index contributed by atoms with van der Waals surface area (Å²) in [6.07, 6.45) is 0. The highest BCUT2D eigenvalue weighted by molar-refractivity contribution is 6.00. The molecule has 0 amide bonds. The van der Waals surface area contributed by atoms with E-state index in [-0.39, 0.29) is 18.4 Å². The number of nitrogens with zero attached hydrogens (tertiary/aromatic N) is 1. The van der Waals surface area contributed by atoms with Crippen LogP contribution in [0.15, 0.2) is 18.2 Å². The lowest BCUT2D eigenvalue weighted by Crippen LogP contribution is -2.35. The van der Waals surface area contributed by atoms with Gasteiger partial charge in [-0.25, -0.2) is 4.39 Å². The van der Waals surface area contributed by atoms with Crippen LogP contribution in [0.25, 0.3) is 0 Å². The van der Waals surface area contributed by atoms with Crippen LogP contribution >= 0.6 is 0 Å². The second-order valence-electron chi connectivity index (χ2n) is 4.42. The average Bonchev–Trinajstić information content (AvgIpc) is 2.35. The summed E-state index contributed by atoms with van der Waals surface area (Å²) in [5.74, 6) is -0.130. The molecule has 4 heteroatoms. The number of rotatable bonds is 6. The van der Waals surface area contributed by atoms with Crippen LogP contribution in [-0.4, -0.2) is 36.9 Å². The number of Topliss-reactive ketones (excluding diaryl/α,β-unsaturated/α-hetero) is 1. The van der Waals surface area contributed by atoms with E-state index < -0.39 is 5.82 Å². The molecule has 0 radical (unpaired) electrons. The molecule has 3 nitrogen and oxygen atoms in total. The lowest BCUT2D eigenvalue weighted by molar-refractivity contribution is 0.0908. The zero-order chi connectivity index (χ0) is 13.7. The molecule has 0 unspecified atom stereocenters. The maximum Gasteiger partial charge on any atom is 0.180 e. The Labute approximate surface area is 108 Å². The molecule has 0 fully saturated rings. The van der Waals surface area contributed by atoms with Crippen LogP contribution in [0.2, 0.25) is 0 Å². The van der Waals surface area contributed by atoms with Gasteiger partial charge in [-0.1, -0.05) is 6.92 Å². The van der Waals surface area contributed by atoms with Gasteiger partial charge in [0.1, 0.15) is 11.6 Å². The van der Waals surface area contributed by atoms with E-state index >= 15 is 0 Å². The lowest BCUT2D eigenvalue weighted by atomic mass is 10.1. The molecule has 0 aliphatic carbocycles. The van der Waals surface area contributed by atoms with Gasteiger partial charge in [0, 0.05) is 6.04 Å². The van der Waals surface area contributed by atoms with Gasteiger partial charge in [0.25, 0.3) is 0 Å². The smallest absolute Gasteiger partial charge is 0.180 e. The van der Waals surface area contributed by atoms with Crippen molar-refractivity contribution in [2.24, 2.45) is 0 Å². The normalized spacial score (nSPS) is 11.1. The SMILES string of the molecule is CCN(CC(=O)c1cc(F)ccc1OC)C(C)C. The van der Waals surface area contributed by atoms with Gasteiger partial charge in [0.2, 0.25) is 0 Å². The number of benzene rings is 1. The number of methoxy groups -OCH3 is 1. The third-order valence-corrected chi connectivity index (χ3v) is 2.95. The zero-order valence-electron chi connectivity index (χ0n) is 11.4. The fourth-order valence-corrected chi connectivity index (χ4v) is 1.83.